The van der Waals surface area contributed by atoms with Crippen molar-refractivity contribution in [3.05, 3.63) is 10.2 Å². The van der Waals surface area contributed by atoms with E-state index in [1.807, 2.05) is 24.0 Å². The molecular formula is C7H13IO2. The van der Waals surface area contributed by atoms with Crippen molar-refractivity contribution in [3.8, 4) is 0 Å². The Morgan fingerprint density at radius 1 is 1.50 bits per heavy atom. The first-order valence-corrected chi connectivity index (χ1v) is 4.54. The van der Waals surface area contributed by atoms with Gasteiger partial charge in [-0.3, -0.25) is 0 Å². The highest BCUT2D eigenvalue weighted by Gasteiger charge is 1.96. The molecule has 0 aliphatic heterocycles. The average molecular weight is 256 g/mol. The zero-order chi connectivity index (χ0) is 7.82. The topological polar surface area (TPSA) is 18.5 Å². The molecule has 0 radical (unpaired) electrons. The fraction of sp³-hybridized carbons (Fsp3) is 0.714. The average Bonchev–Trinajstić information content (AvgIpc) is 1.89. The minimum absolute atomic E-state index is 0.0856. The lowest BCUT2D eigenvalue weighted by Crippen LogP contribution is -2.12. The maximum Gasteiger partial charge on any atom is 0.155 e. The molecule has 0 aliphatic rings. The van der Waals surface area contributed by atoms with Crippen LogP contribution in [0.2, 0.25) is 0 Å². The van der Waals surface area contributed by atoms with Crippen LogP contribution in [0.25, 0.3) is 0 Å². The second-order valence-electron chi connectivity index (χ2n) is 1.72. The molecule has 0 saturated carbocycles. The Bertz CT molecular complexity index is 93.6. The fourth-order valence-corrected chi connectivity index (χ4v) is 0.718. The third-order valence-electron chi connectivity index (χ3n) is 0.918. The van der Waals surface area contributed by atoms with Crippen LogP contribution in [0.3, 0.4) is 0 Å². The first-order valence-electron chi connectivity index (χ1n) is 3.29. The Labute approximate surface area is 75.7 Å². The van der Waals surface area contributed by atoms with Gasteiger partial charge in [0, 0.05) is 6.61 Å². The third kappa shape index (κ3) is 6.51. The first-order chi connectivity index (χ1) is 4.81. The van der Waals surface area contributed by atoms with E-state index in [1.165, 1.54) is 0 Å². The Morgan fingerprint density at radius 3 is 2.70 bits per heavy atom. The Kier molecular flexibility index (Phi) is 7.79. The molecule has 1 unspecified atom stereocenters. The first kappa shape index (κ1) is 10.4. The van der Waals surface area contributed by atoms with Gasteiger partial charge in [-0.1, -0.05) is 28.7 Å². The normalized spacial score (nSPS) is 14.3. The molecule has 10 heavy (non-hydrogen) atoms. The van der Waals surface area contributed by atoms with E-state index in [4.69, 9.17) is 9.47 Å². The molecule has 0 saturated heterocycles. The van der Waals surface area contributed by atoms with Crippen LogP contribution in [0.1, 0.15) is 13.8 Å². The van der Waals surface area contributed by atoms with Gasteiger partial charge in [0.1, 0.15) is 0 Å². The summed E-state index contributed by atoms with van der Waals surface area (Å²) >= 11 is 2.15. The van der Waals surface area contributed by atoms with Crippen LogP contribution >= 0.6 is 22.6 Å². The second kappa shape index (κ2) is 7.50. The molecule has 60 valence electrons. The minimum Gasteiger partial charge on any atom is -0.353 e. The lowest BCUT2D eigenvalue weighted by atomic mass is 10.6. The van der Waals surface area contributed by atoms with Gasteiger partial charge in [-0.25, -0.2) is 0 Å². The van der Waals surface area contributed by atoms with Gasteiger partial charge < -0.3 is 9.47 Å². The molecule has 0 spiro atoms. The lowest BCUT2D eigenvalue weighted by molar-refractivity contribution is -0.118. The van der Waals surface area contributed by atoms with Crippen molar-refractivity contribution < 1.29 is 9.47 Å². The molecule has 1 atom stereocenters. The number of halogens is 1. The quantitative estimate of drug-likeness (QED) is 0.555. The highest BCUT2D eigenvalue weighted by molar-refractivity contribution is 14.1. The SMILES string of the molecule is CCOC(C)OCC=CI. The number of ether oxygens (including phenoxy) is 2. The molecule has 0 N–H and O–H groups in total. The van der Waals surface area contributed by atoms with Crippen LogP contribution in [0.5, 0.6) is 0 Å². The van der Waals surface area contributed by atoms with E-state index in [0.29, 0.717) is 13.2 Å². The summed E-state index contributed by atoms with van der Waals surface area (Å²) in [5.41, 5.74) is 0. The fourth-order valence-electron chi connectivity index (χ4n) is 0.510. The van der Waals surface area contributed by atoms with Crippen LogP contribution in [0, 0.1) is 0 Å². The maximum atomic E-state index is 5.21. The molecule has 0 aromatic rings. The van der Waals surface area contributed by atoms with Gasteiger partial charge in [-0.2, -0.15) is 0 Å². The summed E-state index contributed by atoms with van der Waals surface area (Å²) in [4.78, 5) is 0. The molecule has 3 heteroatoms. The van der Waals surface area contributed by atoms with E-state index >= 15 is 0 Å². The van der Waals surface area contributed by atoms with Gasteiger partial charge >= 0.3 is 0 Å². The summed E-state index contributed by atoms with van der Waals surface area (Å²) in [7, 11) is 0. The molecule has 0 rings (SSSR count). The van der Waals surface area contributed by atoms with Gasteiger partial charge in [0.25, 0.3) is 0 Å². The largest absolute Gasteiger partial charge is 0.353 e. The predicted molar refractivity (Wildman–Crippen MR) is 50.2 cm³/mol. The van der Waals surface area contributed by atoms with Crippen molar-refractivity contribution in [1.82, 2.24) is 0 Å². The molecule has 0 fully saturated rings. The van der Waals surface area contributed by atoms with Crippen molar-refractivity contribution in [2.24, 2.45) is 0 Å². The summed E-state index contributed by atoms with van der Waals surface area (Å²) in [5.74, 6) is 0. The van der Waals surface area contributed by atoms with Crippen molar-refractivity contribution >= 4 is 22.6 Å². The number of hydrogen-bond acceptors (Lipinski definition) is 2. The van der Waals surface area contributed by atoms with Crippen LogP contribution < -0.4 is 0 Å². The molecule has 0 bridgehead atoms. The third-order valence-corrected chi connectivity index (χ3v) is 1.43. The Morgan fingerprint density at radius 2 is 2.20 bits per heavy atom. The van der Waals surface area contributed by atoms with E-state index in [2.05, 4.69) is 22.6 Å². The monoisotopic (exact) mass is 256 g/mol. The highest BCUT2D eigenvalue weighted by atomic mass is 127. The molecule has 0 aromatic carbocycles. The van der Waals surface area contributed by atoms with E-state index in [9.17, 15) is 0 Å². The Balaban J connectivity index is 3.12. The van der Waals surface area contributed by atoms with Gasteiger partial charge in [0.2, 0.25) is 0 Å². The Hall–Kier alpha value is 0.390. The van der Waals surface area contributed by atoms with Gasteiger partial charge in [-0.05, 0) is 17.9 Å². The zero-order valence-corrected chi connectivity index (χ0v) is 8.50. The number of hydrogen-bond donors (Lipinski definition) is 0. The van der Waals surface area contributed by atoms with Crippen molar-refractivity contribution in [2.75, 3.05) is 13.2 Å². The van der Waals surface area contributed by atoms with Crippen LogP contribution in [-0.4, -0.2) is 19.5 Å². The molecule has 0 aliphatic carbocycles. The van der Waals surface area contributed by atoms with E-state index in [0.717, 1.165) is 0 Å². The standard InChI is InChI=1S/C7H13IO2/c1-3-9-7(2)10-6-4-5-8/h4-5,7H,3,6H2,1-2H3. The van der Waals surface area contributed by atoms with E-state index in [1.54, 1.807) is 0 Å². The van der Waals surface area contributed by atoms with E-state index < -0.39 is 0 Å². The zero-order valence-electron chi connectivity index (χ0n) is 6.34. The summed E-state index contributed by atoms with van der Waals surface area (Å²) < 4.78 is 12.3. The molecule has 0 heterocycles. The smallest absolute Gasteiger partial charge is 0.155 e. The van der Waals surface area contributed by atoms with Gasteiger partial charge in [-0.15, -0.1) is 0 Å². The van der Waals surface area contributed by atoms with Crippen LogP contribution in [-0.2, 0) is 9.47 Å². The summed E-state index contributed by atoms with van der Waals surface area (Å²) in [6.07, 6.45) is 1.85. The highest BCUT2D eigenvalue weighted by Crippen LogP contribution is 1.93. The second-order valence-corrected chi connectivity index (χ2v) is 2.44. The number of rotatable bonds is 5. The van der Waals surface area contributed by atoms with Crippen molar-refractivity contribution in [1.29, 1.82) is 0 Å². The summed E-state index contributed by atoms with van der Waals surface area (Å²) in [6.45, 7) is 5.18. The molecule has 0 aromatic heterocycles. The van der Waals surface area contributed by atoms with Crippen LogP contribution in [0.15, 0.2) is 10.2 Å². The van der Waals surface area contributed by atoms with Gasteiger partial charge in [0.15, 0.2) is 6.29 Å². The van der Waals surface area contributed by atoms with E-state index in [-0.39, 0.29) is 6.29 Å². The maximum absolute atomic E-state index is 5.21. The minimum atomic E-state index is -0.0856. The van der Waals surface area contributed by atoms with Crippen LogP contribution in [0.4, 0.5) is 0 Å². The van der Waals surface area contributed by atoms with Crippen molar-refractivity contribution in [2.45, 2.75) is 20.1 Å². The molecule has 0 amide bonds. The molecule has 2 nitrogen and oxygen atoms in total. The molecular weight excluding hydrogens is 243 g/mol. The lowest BCUT2D eigenvalue weighted by Gasteiger charge is -2.10. The van der Waals surface area contributed by atoms with Gasteiger partial charge in [0.05, 0.1) is 6.61 Å². The predicted octanol–water partition coefficient (Wildman–Crippen LogP) is 2.33. The summed E-state index contributed by atoms with van der Waals surface area (Å²) in [6, 6.07) is 0. The summed E-state index contributed by atoms with van der Waals surface area (Å²) in [5, 5.41) is 0. The van der Waals surface area contributed by atoms with Crippen molar-refractivity contribution in [3.63, 3.8) is 0 Å².